The van der Waals surface area contributed by atoms with Gasteiger partial charge in [0, 0.05) is 18.7 Å². The van der Waals surface area contributed by atoms with Crippen molar-refractivity contribution in [3.63, 3.8) is 0 Å². The monoisotopic (exact) mass is 225 g/mol. The molecule has 0 saturated heterocycles. The van der Waals surface area contributed by atoms with Crippen LogP contribution in [0.4, 0.5) is 8.78 Å². The molecule has 2 nitrogen and oxygen atoms in total. The maximum Gasteiger partial charge on any atom is 0.254 e. The molecule has 0 aliphatic rings. The van der Waals surface area contributed by atoms with Crippen LogP contribution in [0.3, 0.4) is 0 Å². The van der Waals surface area contributed by atoms with E-state index in [0.29, 0.717) is 13.1 Å². The van der Waals surface area contributed by atoms with Gasteiger partial charge in [0.15, 0.2) is 11.6 Å². The minimum Gasteiger partial charge on any atom is -0.335 e. The predicted octanol–water partition coefficient (Wildman–Crippen LogP) is 2.61. The van der Waals surface area contributed by atoms with E-state index in [9.17, 15) is 13.6 Å². The second kappa shape index (κ2) is 5.39. The second-order valence-corrected chi connectivity index (χ2v) is 3.26. The molecule has 0 bridgehead atoms. The van der Waals surface area contributed by atoms with E-state index in [0.717, 1.165) is 12.1 Å². The molecule has 0 N–H and O–H groups in total. The SMILES string of the molecule is C=CCN(CC)C(=O)c1ccc(F)c(F)c1. The van der Waals surface area contributed by atoms with Gasteiger partial charge in [-0.1, -0.05) is 6.08 Å². The largest absolute Gasteiger partial charge is 0.335 e. The summed E-state index contributed by atoms with van der Waals surface area (Å²) < 4.78 is 25.6. The number of hydrogen-bond acceptors (Lipinski definition) is 1. The van der Waals surface area contributed by atoms with E-state index in [2.05, 4.69) is 6.58 Å². The molecule has 0 heterocycles. The zero-order valence-electron chi connectivity index (χ0n) is 9.04. The zero-order valence-corrected chi connectivity index (χ0v) is 9.04. The van der Waals surface area contributed by atoms with Crippen LogP contribution in [0.15, 0.2) is 30.9 Å². The van der Waals surface area contributed by atoms with Crippen molar-refractivity contribution in [2.75, 3.05) is 13.1 Å². The Morgan fingerprint density at radius 2 is 2.12 bits per heavy atom. The summed E-state index contributed by atoms with van der Waals surface area (Å²) in [5.74, 6) is -2.30. The molecule has 0 unspecified atom stereocenters. The molecule has 0 radical (unpaired) electrons. The molecule has 1 rings (SSSR count). The van der Waals surface area contributed by atoms with E-state index in [4.69, 9.17) is 0 Å². The highest BCUT2D eigenvalue weighted by Gasteiger charge is 2.14. The number of amides is 1. The lowest BCUT2D eigenvalue weighted by Crippen LogP contribution is -2.30. The maximum absolute atomic E-state index is 12.9. The molecule has 0 spiro atoms. The standard InChI is InChI=1S/C12H13F2NO/c1-3-7-15(4-2)12(16)9-5-6-10(13)11(14)8-9/h3,5-6,8H,1,4,7H2,2H3. The molecule has 4 heteroatoms. The van der Waals surface area contributed by atoms with Gasteiger partial charge < -0.3 is 4.90 Å². The molecule has 1 aromatic carbocycles. The van der Waals surface area contributed by atoms with E-state index >= 15 is 0 Å². The minimum atomic E-state index is -1.01. The number of nitrogens with zero attached hydrogens (tertiary/aromatic N) is 1. The Hall–Kier alpha value is -1.71. The molecule has 0 atom stereocenters. The maximum atomic E-state index is 12.9. The van der Waals surface area contributed by atoms with E-state index in [-0.39, 0.29) is 11.5 Å². The molecule has 0 aromatic heterocycles. The summed E-state index contributed by atoms with van der Waals surface area (Å²) in [6.45, 7) is 6.21. The van der Waals surface area contributed by atoms with Crippen LogP contribution >= 0.6 is 0 Å². The van der Waals surface area contributed by atoms with E-state index in [1.54, 1.807) is 13.0 Å². The van der Waals surface area contributed by atoms with Crippen LogP contribution in [-0.4, -0.2) is 23.9 Å². The Labute approximate surface area is 93.2 Å². The number of halogens is 2. The fourth-order valence-corrected chi connectivity index (χ4v) is 1.32. The van der Waals surface area contributed by atoms with Gasteiger partial charge in [0.25, 0.3) is 5.91 Å². The highest BCUT2D eigenvalue weighted by Crippen LogP contribution is 2.11. The third-order valence-electron chi connectivity index (χ3n) is 2.18. The summed E-state index contributed by atoms with van der Waals surface area (Å²) in [6, 6.07) is 3.13. The minimum absolute atomic E-state index is 0.141. The smallest absolute Gasteiger partial charge is 0.254 e. The van der Waals surface area contributed by atoms with Crippen LogP contribution in [-0.2, 0) is 0 Å². The van der Waals surface area contributed by atoms with Gasteiger partial charge in [-0.05, 0) is 25.1 Å². The first kappa shape index (κ1) is 12.4. The summed E-state index contributed by atoms with van der Waals surface area (Å²) in [7, 11) is 0. The van der Waals surface area contributed by atoms with Crippen LogP contribution in [0.5, 0.6) is 0 Å². The Morgan fingerprint density at radius 1 is 1.44 bits per heavy atom. The van der Waals surface area contributed by atoms with Crippen molar-refractivity contribution in [2.24, 2.45) is 0 Å². The van der Waals surface area contributed by atoms with Gasteiger partial charge in [0.1, 0.15) is 0 Å². The fraction of sp³-hybridized carbons (Fsp3) is 0.250. The first-order chi connectivity index (χ1) is 7.60. The van der Waals surface area contributed by atoms with E-state index in [1.165, 1.54) is 11.0 Å². The molecule has 0 fully saturated rings. The van der Waals surface area contributed by atoms with Crippen molar-refractivity contribution in [3.05, 3.63) is 48.1 Å². The van der Waals surface area contributed by atoms with Crippen LogP contribution in [0, 0.1) is 11.6 Å². The molecule has 0 aliphatic heterocycles. The quantitative estimate of drug-likeness (QED) is 0.721. The number of carbonyl (C=O) groups excluding carboxylic acids is 1. The molecule has 0 saturated carbocycles. The average molecular weight is 225 g/mol. The van der Waals surface area contributed by atoms with Crippen molar-refractivity contribution >= 4 is 5.91 Å². The lowest BCUT2D eigenvalue weighted by Gasteiger charge is -2.18. The van der Waals surface area contributed by atoms with Crippen LogP contribution in [0.25, 0.3) is 0 Å². The summed E-state index contributed by atoms with van der Waals surface area (Å²) in [5, 5.41) is 0. The number of likely N-dealkylation sites (N-methyl/N-ethyl adjacent to an activating group) is 1. The summed E-state index contributed by atoms with van der Waals surface area (Å²) in [5.41, 5.74) is 0.141. The lowest BCUT2D eigenvalue weighted by atomic mass is 10.2. The Balaban J connectivity index is 2.94. The van der Waals surface area contributed by atoms with Crippen LogP contribution in [0.2, 0.25) is 0 Å². The normalized spacial score (nSPS) is 9.94. The third kappa shape index (κ3) is 2.66. The highest BCUT2D eigenvalue weighted by atomic mass is 19.2. The summed E-state index contributed by atoms with van der Waals surface area (Å²) in [4.78, 5) is 13.3. The van der Waals surface area contributed by atoms with Crippen molar-refractivity contribution in [3.8, 4) is 0 Å². The summed E-state index contributed by atoms with van der Waals surface area (Å²) >= 11 is 0. The van der Waals surface area contributed by atoms with Gasteiger partial charge in [-0.25, -0.2) is 8.78 Å². The first-order valence-electron chi connectivity index (χ1n) is 4.95. The van der Waals surface area contributed by atoms with Crippen molar-refractivity contribution in [1.82, 2.24) is 4.90 Å². The van der Waals surface area contributed by atoms with Gasteiger partial charge in [-0.3, -0.25) is 4.79 Å². The van der Waals surface area contributed by atoms with E-state index in [1.807, 2.05) is 0 Å². The Kier molecular flexibility index (Phi) is 4.17. The molecule has 86 valence electrons. The van der Waals surface area contributed by atoms with Gasteiger partial charge in [0.05, 0.1) is 0 Å². The molecule has 1 amide bonds. The number of benzene rings is 1. The average Bonchev–Trinajstić information content (AvgIpc) is 2.28. The van der Waals surface area contributed by atoms with Crippen molar-refractivity contribution in [1.29, 1.82) is 0 Å². The zero-order chi connectivity index (χ0) is 12.1. The van der Waals surface area contributed by atoms with Gasteiger partial charge in [-0.2, -0.15) is 0 Å². The highest BCUT2D eigenvalue weighted by molar-refractivity contribution is 5.94. The third-order valence-corrected chi connectivity index (χ3v) is 2.18. The van der Waals surface area contributed by atoms with Crippen LogP contribution < -0.4 is 0 Å². The lowest BCUT2D eigenvalue weighted by molar-refractivity contribution is 0.0781. The number of carbonyl (C=O) groups is 1. The number of hydrogen-bond donors (Lipinski definition) is 0. The first-order valence-corrected chi connectivity index (χ1v) is 4.95. The van der Waals surface area contributed by atoms with Crippen LogP contribution in [0.1, 0.15) is 17.3 Å². The molecular formula is C12H13F2NO. The molecular weight excluding hydrogens is 212 g/mol. The van der Waals surface area contributed by atoms with E-state index < -0.39 is 11.6 Å². The van der Waals surface area contributed by atoms with Gasteiger partial charge in [-0.15, -0.1) is 6.58 Å². The van der Waals surface area contributed by atoms with Crippen molar-refractivity contribution < 1.29 is 13.6 Å². The second-order valence-electron chi connectivity index (χ2n) is 3.26. The van der Waals surface area contributed by atoms with Gasteiger partial charge >= 0.3 is 0 Å². The molecule has 1 aromatic rings. The topological polar surface area (TPSA) is 20.3 Å². The van der Waals surface area contributed by atoms with Gasteiger partial charge in [0.2, 0.25) is 0 Å². The van der Waals surface area contributed by atoms with Crippen molar-refractivity contribution in [2.45, 2.75) is 6.92 Å². The molecule has 0 aliphatic carbocycles. The Morgan fingerprint density at radius 3 is 2.62 bits per heavy atom. The predicted molar refractivity (Wildman–Crippen MR) is 58.1 cm³/mol. The Bertz CT molecular complexity index is 404. The fourth-order valence-electron chi connectivity index (χ4n) is 1.32. The summed E-state index contributed by atoms with van der Waals surface area (Å²) in [6.07, 6.45) is 1.58. The molecule has 16 heavy (non-hydrogen) atoms. The number of rotatable bonds is 4.